The molecule has 2 heterocycles. The van der Waals surface area contributed by atoms with Gasteiger partial charge in [-0.2, -0.15) is 26.3 Å². The fourth-order valence-corrected chi connectivity index (χ4v) is 4.73. The Kier molecular flexibility index (Phi) is 7.60. The first-order chi connectivity index (χ1) is 16.1. The molecule has 35 heavy (non-hydrogen) atoms. The molecule has 1 fully saturated rings. The highest BCUT2D eigenvalue weighted by Gasteiger charge is 2.34. The zero-order chi connectivity index (χ0) is 26.2. The van der Waals surface area contributed by atoms with Crippen molar-refractivity contribution in [2.45, 2.75) is 22.1 Å². The molecule has 0 unspecified atom stereocenters. The number of aromatic nitrogens is 1. The van der Waals surface area contributed by atoms with Crippen molar-refractivity contribution in [2.75, 3.05) is 43.1 Å². The Morgan fingerprint density at radius 3 is 2.20 bits per heavy atom. The van der Waals surface area contributed by atoms with Gasteiger partial charge in [-0.15, -0.1) is 11.8 Å². The van der Waals surface area contributed by atoms with Crippen LogP contribution in [0.5, 0.6) is 0 Å². The maximum Gasteiger partial charge on any atom is 0.417 e. The number of anilines is 1. The summed E-state index contributed by atoms with van der Waals surface area (Å²) in [4.78, 5) is 18.9. The fourth-order valence-electron chi connectivity index (χ4n) is 3.30. The highest BCUT2D eigenvalue weighted by Crippen LogP contribution is 2.33. The molecule has 1 amide bonds. The molecule has 0 radical (unpaired) electrons. The van der Waals surface area contributed by atoms with E-state index in [9.17, 15) is 43.9 Å². The van der Waals surface area contributed by atoms with Gasteiger partial charge in [-0.05, 0) is 24.3 Å². The number of halogens is 7. The third-order valence-corrected chi connectivity index (χ3v) is 7.27. The summed E-state index contributed by atoms with van der Waals surface area (Å²) in [7, 11) is -3.75. The summed E-state index contributed by atoms with van der Waals surface area (Å²) < 4.78 is 114. The number of nitrogens with zero attached hydrogens (tertiary/aromatic N) is 3. The molecule has 192 valence electrons. The van der Waals surface area contributed by atoms with Crippen LogP contribution in [0.2, 0.25) is 0 Å². The van der Waals surface area contributed by atoms with E-state index in [1.54, 1.807) is 0 Å². The van der Waals surface area contributed by atoms with Crippen LogP contribution in [0.3, 0.4) is 0 Å². The number of thioether (sulfide) groups is 1. The van der Waals surface area contributed by atoms with Crippen molar-refractivity contribution in [3.63, 3.8) is 0 Å². The van der Waals surface area contributed by atoms with Crippen molar-refractivity contribution in [2.24, 2.45) is 0 Å². The average Bonchev–Trinajstić information content (AvgIpc) is 2.75. The van der Waals surface area contributed by atoms with E-state index in [4.69, 9.17) is 0 Å². The Hall–Kier alpha value is -2.55. The lowest BCUT2D eigenvalue weighted by Gasteiger charge is -2.36. The maximum absolute atomic E-state index is 14.2. The Bertz CT molecular complexity index is 1210. The normalized spacial score (nSPS) is 15.4. The van der Waals surface area contributed by atoms with Crippen molar-refractivity contribution < 1.29 is 43.9 Å². The number of piperazine rings is 1. The number of hydrogen-bond donors (Lipinski definition) is 0. The predicted octanol–water partition coefficient (Wildman–Crippen LogP) is 4.26. The second kappa shape index (κ2) is 9.84. The number of rotatable bonds is 5. The minimum Gasteiger partial charge on any atom is -0.351 e. The molecule has 0 spiro atoms. The van der Waals surface area contributed by atoms with Crippen molar-refractivity contribution >= 4 is 33.3 Å². The van der Waals surface area contributed by atoms with Crippen LogP contribution in [-0.2, 0) is 16.0 Å². The first-order valence-electron chi connectivity index (χ1n) is 9.87. The molecule has 0 atom stereocenters. The van der Waals surface area contributed by atoms with Crippen molar-refractivity contribution in [1.29, 1.82) is 0 Å². The zero-order valence-electron chi connectivity index (χ0n) is 18.0. The van der Waals surface area contributed by atoms with Crippen LogP contribution in [0.4, 0.5) is 36.6 Å². The number of carbonyl (C=O) groups excluding carboxylic acids is 1. The molecular weight excluding hydrogens is 527 g/mol. The highest BCUT2D eigenvalue weighted by molar-refractivity contribution is 7.99. The van der Waals surface area contributed by atoms with Crippen molar-refractivity contribution in [3.05, 3.63) is 47.4 Å². The summed E-state index contributed by atoms with van der Waals surface area (Å²) >= 11 is 0.339. The lowest BCUT2D eigenvalue weighted by molar-refractivity contribution is -0.138. The van der Waals surface area contributed by atoms with Crippen LogP contribution in [0.1, 0.15) is 15.9 Å². The summed E-state index contributed by atoms with van der Waals surface area (Å²) in [5, 5.41) is 0. The standard InChI is InChI=1S/C20H18F7N3O3S2/c1-35(32,33)13-2-3-16(34-11-19(22,23)24)14(9-13)18(31)30-6-4-29(5-7-30)17-15(21)8-12(10-28-17)20(25,26)27/h2-3,8-10H,4-7,11H2,1H3. The summed E-state index contributed by atoms with van der Waals surface area (Å²) in [6, 6.07) is 3.58. The van der Waals surface area contributed by atoms with Gasteiger partial charge < -0.3 is 9.80 Å². The van der Waals surface area contributed by atoms with Crippen LogP contribution in [0.25, 0.3) is 0 Å². The Morgan fingerprint density at radius 1 is 1.06 bits per heavy atom. The van der Waals surface area contributed by atoms with Gasteiger partial charge in [0.1, 0.15) is 0 Å². The van der Waals surface area contributed by atoms with E-state index in [2.05, 4.69) is 4.98 Å². The molecule has 0 aliphatic carbocycles. The quantitative estimate of drug-likeness (QED) is 0.413. The molecule has 1 aliphatic heterocycles. The second-order valence-electron chi connectivity index (χ2n) is 7.64. The molecule has 3 rings (SSSR count). The Labute approximate surface area is 200 Å². The molecule has 0 N–H and O–H groups in total. The molecular formula is C20H18F7N3O3S2. The van der Waals surface area contributed by atoms with Gasteiger partial charge in [-0.1, -0.05) is 0 Å². The summed E-state index contributed by atoms with van der Waals surface area (Å²) in [6.45, 7) is -0.128. The number of benzene rings is 1. The van der Waals surface area contributed by atoms with Gasteiger partial charge in [-0.3, -0.25) is 4.79 Å². The smallest absolute Gasteiger partial charge is 0.351 e. The topological polar surface area (TPSA) is 70.6 Å². The first kappa shape index (κ1) is 27.0. The van der Waals surface area contributed by atoms with Crippen molar-refractivity contribution in [1.82, 2.24) is 9.88 Å². The van der Waals surface area contributed by atoms with Crippen LogP contribution in [-0.4, -0.2) is 68.6 Å². The first-order valence-corrected chi connectivity index (χ1v) is 12.7. The van der Waals surface area contributed by atoms with Gasteiger partial charge >= 0.3 is 12.4 Å². The van der Waals surface area contributed by atoms with Gasteiger partial charge in [-0.25, -0.2) is 17.8 Å². The molecule has 1 aromatic heterocycles. The average molecular weight is 546 g/mol. The minimum absolute atomic E-state index is 0.0161. The van der Waals surface area contributed by atoms with E-state index < -0.39 is 45.2 Å². The van der Waals surface area contributed by atoms with Crippen LogP contribution in [0, 0.1) is 5.82 Å². The molecule has 0 saturated carbocycles. The highest BCUT2D eigenvalue weighted by atomic mass is 32.2. The molecule has 1 saturated heterocycles. The molecule has 2 aromatic rings. The molecule has 1 aliphatic rings. The van der Waals surface area contributed by atoms with Crippen LogP contribution in [0.15, 0.2) is 40.3 Å². The SMILES string of the molecule is CS(=O)(=O)c1ccc(SCC(F)(F)F)c(C(=O)N2CCN(c3ncc(C(F)(F)F)cc3F)CC2)c1. The second-order valence-corrected chi connectivity index (χ2v) is 10.7. The van der Waals surface area contributed by atoms with Crippen molar-refractivity contribution in [3.8, 4) is 0 Å². The van der Waals surface area contributed by atoms with Crippen LogP contribution >= 0.6 is 11.8 Å². The zero-order valence-corrected chi connectivity index (χ0v) is 19.6. The lowest BCUT2D eigenvalue weighted by atomic mass is 10.1. The summed E-state index contributed by atoms with van der Waals surface area (Å²) in [5.41, 5.74) is -1.48. The van der Waals surface area contributed by atoms with E-state index in [0.717, 1.165) is 24.5 Å². The number of amides is 1. The largest absolute Gasteiger partial charge is 0.417 e. The number of sulfone groups is 1. The number of carbonyl (C=O) groups is 1. The van der Waals surface area contributed by atoms with E-state index in [1.807, 2.05) is 0 Å². The minimum atomic E-state index is -4.76. The monoisotopic (exact) mass is 545 g/mol. The third-order valence-electron chi connectivity index (χ3n) is 5.02. The Balaban J connectivity index is 1.79. The van der Waals surface area contributed by atoms with Gasteiger partial charge in [0.2, 0.25) is 0 Å². The van der Waals surface area contributed by atoms with Gasteiger partial charge in [0.15, 0.2) is 21.5 Å². The molecule has 6 nitrogen and oxygen atoms in total. The van der Waals surface area contributed by atoms with E-state index in [1.165, 1.54) is 9.80 Å². The van der Waals surface area contributed by atoms with Crippen LogP contribution < -0.4 is 4.90 Å². The van der Waals surface area contributed by atoms with Gasteiger partial charge in [0.05, 0.1) is 21.8 Å². The number of alkyl halides is 6. The molecule has 15 heteroatoms. The summed E-state index contributed by atoms with van der Waals surface area (Å²) in [6.07, 6.45) is -7.90. The molecule has 1 aromatic carbocycles. The van der Waals surface area contributed by atoms with E-state index in [-0.39, 0.29) is 47.4 Å². The van der Waals surface area contributed by atoms with E-state index >= 15 is 0 Å². The fraction of sp³-hybridized carbons (Fsp3) is 0.400. The third kappa shape index (κ3) is 6.78. The summed E-state index contributed by atoms with van der Waals surface area (Å²) in [5.74, 6) is -3.53. The maximum atomic E-state index is 14.2. The predicted molar refractivity (Wildman–Crippen MR) is 114 cm³/mol. The van der Waals surface area contributed by atoms with Gasteiger partial charge in [0, 0.05) is 43.5 Å². The Morgan fingerprint density at radius 2 is 1.69 bits per heavy atom. The lowest BCUT2D eigenvalue weighted by Crippen LogP contribution is -2.49. The number of hydrogen-bond acceptors (Lipinski definition) is 6. The van der Waals surface area contributed by atoms with Gasteiger partial charge in [0.25, 0.3) is 5.91 Å². The van der Waals surface area contributed by atoms with E-state index in [0.29, 0.717) is 24.0 Å². The number of pyridine rings is 1. The molecule has 0 bridgehead atoms.